The van der Waals surface area contributed by atoms with Gasteiger partial charge >= 0.3 is 0 Å². The molecule has 82 valence electrons. The Hall–Kier alpha value is -0.930. The molecule has 1 aliphatic rings. The van der Waals surface area contributed by atoms with E-state index in [0.717, 1.165) is 32.3 Å². The minimum Gasteiger partial charge on any atom is -0.378 e. The zero-order chi connectivity index (χ0) is 10.5. The van der Waals surface area contributed by atoms with Crippen LogP contribution in [0.4, 0.5) is 0 Å². The Morgan fingerprint density at radius 2 is 2.40 bits per heavy atom. The molecule has 0 bridgehead atoms. The Bertz CT molecular complexity index is 289. The lowest BCUT2D eigenvalue weighted by atomic mass is 10.2. The maximum atomic E-state index is 5.82. The maximum Gasteiger partial charge on any atom is 0.0590 e. The first kappa shape index (κ1) is 10.6. The number of hydrogen-bond acceptors (Lipinski definition) is 3. The maximum absolute atomic E-state index is 5.82. The van der Waals surface area contributed by atoms with Gasteiger partial charge in [0.25, 0.3) is 0 Å². The Kier molecular flexibility index (Phi) is 3.69. The van der Waals surface area contributed by atoms with E-state index >= 15 is 0 Å². The fraction of sp³-hybridized carbons (Fsp3) is 0.583. The molecule has 0 saturated heterocycles. The van der Waals surface area contributed by atoms with Gasteiger partial charge in [0.05, 0.1) is 12.7 Å². The van der Waals surface area contributed by atoms with Gasteiger partial charge in [-0.25, -0.2) is 0 Å². The fourth-order valence-electron chi connectivity index (χ4n) is 2.01. The molecule has 1 aromatic heterocycles. The van der Waals surface area contributed by atoms with Gasteiger partial charge < -0.3 is 10.5 Å². The second-order valence-corrected chi connectivity index (χ2v) is 4.18. The van der Waals surface area contributed by atoms with Crippen LogP contribution >= 0.6 is 0 Å². The number of ether oxygens (including phenoxy) is 1. The topological polar surface area (TPSA) is 48.1 Å². The van der Waals surface area contributed by atoms with E-state index in [1.807, 2.05) is 12.3 Å². The van der Waals surface area contributed by atoms with Crippen LogP contribution in [0.25, 0.3) is 0 Å². The largest absolute Gasteiger partial charge is 0.378 e. The molecule has 3 nitrogen and oxygen atoms in total. The summed E-state index contributed by atoms with van der Waals surface area (Å²) >= 11 is 0. The molecule has 2 N–H and O–H groups in total. The Labute approximate surface area is 90.7 Å². The summed E-state index contributed by atoms with van der Waals surface area (Å²) in [5, 5.41) is 0. The van der Waals surface area contributed by atoms with Crippen LogP contribution in [-0.4, -0.2) is 23.7 Å². The second kappa shape index (κ2) is 5.24. The van der Waals surface area contributed by atoms with Gasteiger partial charge in [-0.05, 0) is 37.3 Å². The minimum absolute atomic E-state index is 0.355. The Balaban J connectivity index is 1.67. The Morgan fingerprint density at radius 1 is 1.47 bits per heavy atom. The fourth-order valence-corrected chi connectivity index (χ4v) is 2.01. The summed E-state index contributed by atoms with van der Waals surface area (Å²) in [6, 6.07) is 4.39. The van der Waals surface area contributed by atoms with E-state index in [0.29, 0.717) is 12.1 Å². The lowest BCUT2D eigenvalue weighted by Crippen LogP contribution is -2.18. The van der Waals surface area contributed by atoms with Crippen molar-refractivity contribution in [3.8, 4) is 0 Å². The third-order valence-corrected chi connectivity index (χ3v) is 2.89. The average Bonchev–Trinajstić information content (AvgIpc) is 2.66. The lowest BCUT2D eigenvalue weighted by molar-refractivity contribution is 0.0597. The molecule has 2 unspecified atom stereocenters. The number of rotatable bonds is 4. The van der Waals surface area contributed by atoms with Crippen LogP contribution in [-0.2, 0) is 11.2 Å². The molecule has 0 radical (unpaired) electrons. The van der Waals surface area contributed by atoms with Gasteiger partial charge in [-0.1, -0.05) is 6.07 Å². The van der Waals surface area contributed by atoms with Crippen molar-refractivity contribution in [2.75, 3.05) is 6.61 Å². The summed E-state index contributed by atoms with van der Waals surface area (Å²) in [7, 11) is 0. The Morgan fingerprint density at radius 3 is 3.07 bits per heavy atom. The predicted octanol–water partition coefficient (Wildman–Crippen LogP) is 1.52. The normalized spacial score (nSPS) is 25.7. The van der Waals surface area contributed by atoms with Crippen molar-refractivity contribution in [1.82, 2.24) is 4.98 Å². The smallest absolute Gasteiger partial charge is 0.0590 e. The highest BCUT2D eigenvalue weighted by Crippen LogP contribution is 2.20. The molecule has 15 heavy (non-hydrogen) atoms. The SMILES string of the molecule is NC1CCC(OCCc2cccnc2)C1. The van der Waals surface area contributed by atoms with E-state index in [1.165, 1.54) is 5.56 Å². The molecule has 1 saturated carbocycles. The molecule has 1 heterocycles. The van der Waals surface area contributed by atoms with Gasteiger partial charge in [-0.15, -0.1) is 0 Å². The third kappa shape index (κ3) is 3.29. The first-order chi connectivity index (χ1) is 7.34. The molecule has 1 aliphatic carbocycles. The molecule has 0 aromatic carbocycles. The van der Waals surface area contributed by atoms with Crippen LogP contribution in [0.15, 0.2) is 24.5 Å². The minimum atomic E-state index is 0.355. The highest BCUT2D eigenvalue weighted by molar-refractivity contribution is 5.08. The van der Waals surface area contributed by atoms with Gasteiger partial charge in [0, 0.05) is 18.4 Å². The van der Waals surface area contributed by atoms with E-state index in [4.69, 9.17) is 10.5 Å². The standard InChI is InChI=1S/C12H18N2O/c13-11-3-4-12(8-11)15-7-5-10-2-1-6-14-9-10/h1-2,6,9,11-12H,3-5,7-8,13H2. The van der Waals surface area contributed by atoms with Crippen LogP contribution in [0.5, 0.6) is 0 Å². The molecule has 2 atom stereocenters. The average molecular weight is 206 g/mol. The molecule has 3 heteroatoms. The molecular weight excluding hydrogens is 188 g/mol. The van der Waals surface area contributed by atoms with Crippen LogP contribution < -0.4 is 5.73 Å². The summed E-state index contributed by atoms with van der Waals surface area (Å²) in [5.74, 6) is 0. The zero-order valence-electron chi connectivity index (χ0n) is 8.93. The molecule has 0 spiro atoms. The quantitative estimate of drug-likeness (QED) is 0.812. The van der Waals surface area contributed by atoms with Crippen molar-refractivity contribution in [1.29, 1.82) is 0 Å². The van der Waals surface area contributed by atoms with Crippen molar-refractivity contribution < 1.29 is 4.74 Å². The van der Waals surface area contributed by atoms with Crippen LogP contribution in [0.2, 0.25) is 0 Å². The van der Waals surface area contributed by atoms with E-state index in [2.05, 4.69) is 11.1 Å². The summed E-state index contributed by atoms with van der Waals surface area (Å²) in [6.07, 6.45) is 8.26. The highest BCUT2D eigenvalue weighted by atomic mass is 16.5. The highest BCUT2D eigenvalue weighted by Gasteiger charge is 2.21. The number of aromatic nitrogens is 1. The van der Waals surface area contributed by atoms with Crippen LogP contribution in [0, 0.1) is 0 Å². The lowest BCUT2D eigenvalue weighted by Gasteiger charge is -2.11. The number of nitrogens with zero attached hydrogens (tertiary/aromatic N) is 1. The number of hydrogen-bond donors (Lipinski definition) is 1. The van der Waals surface area contributed by atoms with E-state index < -0.39 is 0 Å². The van der Waals surface area contributed by atoms with Crippen molar-refractivity contribution in [3.05, 3.63) is 30.1 Å². The molecule has 1 aromatic rings. The van der Waals surface area contributed by atoms with Crippen molar-refractivity contribution >= 4 is 0 Å². The van der Waals surface area contributed by atoms with Crippen molar-refractivity contribution in [2.45, 2.75) is 37.8 Å². The molecule has 0 aliphatic heterocycles. The number of nitrogens with two attached hydrogens (primary N) is 1. The van der Waals surface area contributed by atoms with E-state index in [9.17, 15) is 0 Å². The van der Waals surface area contributed by atoms with Gasteiger partial charge in [0.2, 0.25) is 0 Å². The third-order valence-electron chi connectivity index (χ3n) is 2.89. The second-order valence-electron chi connectivity index (χ2n) is 4.18. The molecule has 2 rings (SSSR count). The van der Waals surface area contributed by atoms with E-state index in [1.54, 1.807) is 6.20 Å². The molecular formula is C12H18N2O. The van der Waals surface area contributed by atoms with E-state index in [-0.39, 0.29) is 0 Å². The summed E-state index contributed by atoms with van der Waals surface area (Å²) in [6.45, 7) is 0.781. The number of pyridine rings is 1. The molecule has 0 amide bonds. The summed E-state index contributed by atoms with van der Waals surface area (Å²) in [5.41, 5.74) is 7.05. The van der Waals surface area contributed by atoms with Crippen LogP contribution in [0.1, 0.15) is 24.8 Å². The summed E-state index contributed by atoms with van der Waals surface area (Å²) < 4.78 is 5.77. The first-order valence-electron chi connectivity index (χ1n) is 5.60. The van der Waals surface area contributed by atoms with Gasteiger partial charge in [-0.2, -0.15) is 0 Å². The van der Waals surface area contributed by atoms with Gasteiger partial charge in [0.15, 0.2) is 0 Å². The monoisotopic (exact) mass is 206 g/mol. The molecule has 1 fully saturated rings. The van der Waals surface area contributed by atoms with Crippen LogP contribution in [0.3, 0.4) is 0 Å². The van der Waals surface area contributed by atoms with Crippen molar-refractivity contribution in [3.63, 3.8) is 0 Å². The summed E-state index contributed by atoms with van der Waals surface area (Å²) in [4.78, 5) is 4.07. The van der Waals surface area contributed by atoms with Gasteiger partial charge in [0.1, 0.15) is 0 Å². The first-order valence-corrected chi connectivity index (χ1v) is 5.60. The van der Waals surface area contributed by atoms with Gasteiger partial charge in [-0.3, -0.25) is 4.98 Å². The zero-order valence-corrected chi connectivity index (χ0v) is 8.93. The van der Waals surface area contributed by atoms with Crippen molar-refractivity contribution in [2.24, 2.45) is 5.73 Å². The predicted molar refractivity (Wildman–Crippen MR) is 59.5 cm³/mol.